The Labute approximate surface area is 188 Å². The summed E-state index contributed by atoms with van der Waals surface area (Å²) in [6, 6.07) is -1.28. The number of imide groups is 2. The monoisotopic (exact) mass is 465 g/mol. The molecule has 0 radical (unpaired) electrons. The summed E-state index contributed by atoms with van der Waals surface area (Å²) in [6.45, 7) is -0.386. The van der Waals surface area contributed by atoms with Crippen LogP contribution in [0.2, 0.25) is 0 Å². The third-order valence-electron chi connectivity index (χ3n) is 7.08. The number of rotatable bonds is 7. The van der Waals surface area contributed by atoms with Crippen LogP contribution in [0.5, 0.6) is 0 Å². The Kier molecular flexibility index (Phi) is 6.69. The van der Waals surface area contributed by atoms with Crippen LogP contribution >= 0.6 is 0 Å². The number of hydrogen-bond donors (Lipinski definition) is 0. The normalized spacial score (nSPS) is 26.2. The fraction of sp³-hybridized carbons (Fsp3) is 0.727. The highest BCUT2D eigenvalue weighted by Crippen LogP contribution is 2.30. The fourth-order valence-electron chi connectivity index (χ4n) is 5.37. The van der Waals surface area contributed by atoms with E-state index in [1.165, 1.54) is 5.57 Å². The molecule has 0 bridgehead atoms. The first-order valence-corrected chi connectivity index (χ1v) is 13.5. The van der Waals surface area contributed by atoms with Crippen molar-refractivity contribution in [2.75, 3.05) is 24.6 Å². The molecule has 4 aliphatic rings. The number of nitrogens with zero attached hydrogens (tertiary/aromatic N) is 3. The third kappa shape index (κ3) is 4.74. The number of carbonyl (C=O) groups excluding carboxylic acids is 4. The van der Waals surface area contributed by atoms with E-state index in [0.29, 0.717) is 12.8 Å². The summed E-state index contributed by atoms with van der Waals surface area (Å²) in [5.74, 6) is -2.37. The topological polar surface area (TPSA) is 112 Å². The Hall–Kier alpha value is -2.23. The summed E-state index contributed by atoms with van der Waals surface area (Å²) in [6.07, 6.45) is 10.7. The molecule has 0 aromatic rings. The smallest absolute Gasteiger partial charge is 0.334 e. The molecule has 1 atom stereocenters. The first-order chi connectivity index (χ1) is 15.3. The van der Waals surface area contributed by atoms with Gasteiger partial charge in [-0.25, -0.2) is 18.1 Å². The van der Waals surface area contributed by atoms with Gasteiger partial charge in [-0.2, -0.15) is 0 Å². The Morgan fingerprint density at radius 3 is 2.31 bits per heavy atom. The lowest BCUT2D eigenvalue weighted by molar-refractivity contribution is -0.145. The molecule has 0 aromatic heterocycles. The number of amides is 5. The molecule has 32 heavy (non-hydrogen) atoms. The molecular weight excluding hydrogens is 434 g/mol. The summed E-state index contributed by atoms with van der Waals surface area (Å²) >= 11 is 0. The summed E-state index contributed by atoms with van der Waals surface area (Å²) in [5, 5.41) is 0. The highest BCUT2D eigenvalue weighted by atomic mass is 32.2. The van der Waals surface area contributed by atoms with Crippen molar-refractivity contribution < 1.29 is 27.6 Å². The van der Waals surface area contributed by atoms with Crippen LogP contribution in [0.15, 0.2) is 11.6 Å². The number of sulfone groups is 1. The van der Waals surface area contributed by atoms with Crippen molar-refractivity contribution in [1.82, 2.24) is 14.7 Å². The molecule has 3 fully saturated rings. The Morgan fingerprint density at radius 1 is 0.969 bits per heavy atom. The second-order valence-electron chi connectivity index (χ2n) is 9.28. The summed E-state index contributed by atoms with van der Waals surface area (Å²) < 4.78 is 24.0. The predicted molar refractivity (Wildman–Crippen MR) is 116 cm³/mol. The fourth-order valence-corrected chi connectivity index (χ4v) is 7.08. The summed E-state index contributed by atoms with van der Waals surface area (Å²) in [7, 11) is -3.20. The lowest BCUT2D eigenvalue weighted by Gasteiger charge is -2.34. The van der Waals surface area contributed by atoms with Crippen LogP contribution in [0.25, 0.3) is 0 Å². The minimum Gasteiger partial charge on any atom is -0.334 e. The molecule has 10 heteroatoms. The zero-order chi connectivity index (χ0) is 22.9. The van der Waals surface area contributed by atoms with Gasteiger partial charge in [-0.3, -0.25) is 19.3 Å². The predicted octanol–water partition coefficient (Wildman–Crippen LogP) is 1.63. The van der Waals surface area contributed by atoms with Gasteiger partial charge in [0.25, 0.3) is 0 Å². The van der Waals surface area contributed by atoms with Crippen LogP contribution in [-0.4, -0.2) is 83.5 Å². The van der Waals surface area contributed by atoms with Crippen LogP contribution in [0, 0.1) is 0 Å². The maximum Gasteiger partial charge on any atom is 0.334 e. The largest absolute Gasteiger partial charge is 0.334 e. The van der Waals surface area contributed by atoms with Crippen molar-refractivity contribution in [2.24, 2.45) is 0 Å². The lowest BCUT2D eigenvalue weighted by Crippen LogP contribution is -2.51. The van der Waals surface area contributed by atoms with E-state index in [1.807, 2.05) is 0 Å². The minimum absolute atomic E-state index is 0.0395. The Morgan fingerprint density at radius 2 is 1.69 bits per heavy atom. The van der Waals surface area contributed by atoms with E-state index in [1.54, 1.807) is 4.90 Å². The van der Waals surface area contributed by atoms with E-state index in [4.69, 9.17) is 0 Å². The average Bonchev–Trinajstić information content (AvgIpc) is 3.46. The second kappa shape index (κ2) is 9.33. The minimum atomic E-state index is -3.20. The molecule has 5 amide bonds. The van der Waals surface area contributed by atoms with Gasteiger partial charge in [-0.05, 0) is 51.4 Å². The van der Waals surface area contributed by atoms with Crippen molar-refractivity contribution in [1.29, 1.82) is 0 Å². The van der Waals surface area contributed by atoms with Gasteiger partial charge in [0.05, 0.1) is 11.5 Å². The number of urea groups is 1. The lowest BCUT2D eigenvalue weighted by atomic mass is 9.97. The van der Waals surface area contributed by atoms with Gasteiger partial charge in [0, 0.05) is 18.6 Å². The van der Waals surface area contributed by atoms with Gasteiger partial charge < -0.3 is 4.90 Å². The molecule has 2 aliphatic carbocycles. The van der Waals surface area contributed by atoms with Crippen molar-refractivity contribution in [3.8, 4) is 0 Å². The SMILES string of the molecule is O=C1C(=O)N(CC(=O)N(C2CCCC2)[C@@H]2CCS(=O)(=O)C2)C(=O)N1CCC1=CCCCC1. The number of carbonyl (C=O) groups is 4. The van der Waals surface area contributed by atoms with E-state index < -0.39 is 46.2 Å². The molecule has 2 saturated heterocycles. The molecule has 2 heterocycles. The average molecular weight is 466 g/mol. The maximum absolute atomic E-state index is 13.2. The zero-order valence-corrected chi connectivity index (χ0v) is 19.1. The molecule has 0 unspecified atom stereocenters. The molecule has 1 saturated carbocycles. The first kappa shape index (κ1) is 22.9. The van der Waals surface area contributed by atoms with Crippen molar-refractivity contribution in [2.45, 2.75) is 76.3 Å². The van der Waals surface area contributed by atoms with E-state index in [2.05, 4.69) is 6.08 Å². The second-order valence-corrected chi connectivity index (χ2v) is 11.5. The van der Waals surface area contributed by atoms with Crippen molar-refractivity contribution in [3.63, 3.8) is 0 Å². The van der Waals surface area contributed by atoms with Gasteiger partial charge in [0.2, 0.25) is 5.91 Å². The molecule has 4 rings (SSSR count). The van der Waals surface area contributed by atoms with E-state index in [-0.39, 0.29) is 24.1 Å². The van der Waals surface area contributed by atoms with Crippen LogP contribution in [-0.2, 0) is 24.2 Å². The summed E-state index contributed by atoms with van der Waals surface area (Å²) in [4.78, 5) is 54.3. The van der Waals surface area contributed by atoms with Crippen LogP contribution in [0.4, 0.5) is 4.79 Å². The van der Waals surface area contributed by atoms with Gasteiger partial charge in [-0.15, -0.1) is 0 Å². The number of hydrogen-bond acceptors (Lipinski definition) is 6. The molecule has 0 N–H and O–H groups in total. The summed E-state index contributed by atoms with van der Waals surface area (Å²) in [5.41, 5.74) is 1.19. The van der Waals surface area contributed by atoms with Gasteiger partial charge in [0.1, 0.15) is 6.54 Å². The third-order valence-corrected chi connectivity index (χ3v) is 8.83. The zero-order valence-electron chi connectivity index (χ0n) is 18.3. The molecule has 176 valence electrons. The van der Waals surface area contributed by atoms with E-state index in [0.717, 1.165) is 61.2 Å². The molecule has 9 nitrogen and oxygen atoms in total. The Balaban J connectivity index is 1.44. The van der Waals surface area contributed by atoms with Crippen LogP contribution in [0.3, 0.4) is 0 Å². The van der Waals surface area contributed by atoms with Crippen molar-refractivity contribution >= 4 is 33.6 Å². The quantitative estimate of drug-likeness (QED) is 0.321. The molecule has 2 aliphatic heterocycles. The van der Waals surface area contributed by atoms with E-state index in [9.17, 15) is 27.6 Å². The van der Waals surface area contributed by atoms with Gasteiger partial charge in [0.15, 0.2) is 9.84 Å². The molecule has 0 spiro atoms. The standard InChI is InChI=1S/C22H31N3O6S/c26-19(25(17-8-4-5-9-17)18-11-13-32(30,31)15-18)14-24-21(28)20(27)23(22(24)29)12-10-16-6-2-1-3-7-16/h6,17-18H,1-5,7-15H2/t18-/m1/s1. The first-order valence-electron chi connectivity index (χ1n) is 11.6. The molecular formula is C22H31N3O6S. The molecule has 0 aromatic carbocycles. The van der Waals surface area contributed by atoms with Gasteiger partial charge in [-0.1, -0.05) is 24.5 Å². The van der Waals surface area contributed by atoms with E-state index >= 15 is 0 Å². The highest BCUT2D eigenvalue weighted by Gasteiger charge is 2.47. The van der Waals surface area contributed by atoms with Crippen LogP contribution < -0.4 is 0 Å². The number of allylic oxidation sites excluding steroid dienone is 1. The van der Waals surface area contributed by atoms with Crippen molar-refractivity contribution in [3.05, 3.63) is 11.6 Å². The van der Waals surface area contributed by atoms with Crippen LogP contribution in [0.1, 0.15) is 64.2 Å². The maximum atomic E-state index is 13.2. The van der Waals surface area contributed by atoms with Gasteiger partial charge >= 0.3 is 17.8 Å². The highest BCUT2D eigenvalue weighted by molar-refractivity contribution is 7.91. The Bertz CT molecular complexity index is 937.